The third kappa shape index (κ3) is 7.64. The van der Waals surface area contributed by atoms with Gasteiger partial charge in [-0.3, -0.25) is 19.4 Å². The lowest BCUT2D eigenvalue weighted by atomic mass is 9.69. The summed E-state index contributed by atoms with van der Waals surface area (Å²) < 4.78 is 14.4. The van der Waals surface area contributed by atoms with Crippen LogP contribution >= 0.6 is 11.6 Å². The highest BCUT2D eigenvalue weighted by molar-refractivity contribution is 6.47. The number of nitrogens with zero attached hydrogens (tertiary/aromatic N) is 2. The average molecular weight is 612 g/mol. The number of hydrogen-bond acceptors (Lipinski definition) is 4. The number of carbonyl (C=O) groups is 3. The van der Waals surface area contributed by atoms with Crippen LogP contribution in [0.1, 0.15) is 107 Å². The van der Waals surface area contributed by atoms with Gasteiger partial charge >= 0.3 is 5.97 Å². The molecule has 0 aromatic heterocycles. The Hall–Kier alpha value is -3.26. The maximum Gasteiger partial charge on any atom is 0.305 e. The second-order valence-corrected chi connectivity index (χ2v) is 13.9. The third-order valence-corrected chi connectivity index (χ3v) is 9.07. The minimum atomic E-state index is -0.980. The molecule has 1 aliphatic heterocycles. The molecule has 1 unspecified atom stereocenters. The van der Waals surface area contributed by atoms with Crippen LogP contribution in [0.2, 0.25) is 5.02 Å². The van der Waals surface area contributed by atoms with E-state index < -0.39 is 17.4 Å². The zero-order valence-electron chi connectivity index (χ0n) is 25.8. The van der Waals surface area contributed by atoms with Crippen LogP contribution in [0.3, 0.4) is 0 Å². The van der Waals surface area contributed by atoms with Crippen molar-refractivity contribution in [3.63, 3.8) is 0 Å². The quantitative estimate of drug-likeness (QED) is 0.292. The number of nitrogens with one attached hydrogen (secondary N) is 1. The Balaban J connectivity index is 1.72. The number of hydrogen-bond donors (Lipinski definition) is 2. The zero-order valence-corrected chi connectivity index (χ0v) is 26.5. The third-order valence-electron chi connectivity index (χ3n) is 8.85. The molecule has 2 amide bonds. The number of carboxylic acid groups (broad SMARTS) is 1. The van der Waals surface area contributed by atoms with Crippen LogP contribution in [0.25, 0.3) is 0 Å². The summed E-state index contributed by atoms with van der Waals surface area (Å²) in [6.45, 7) is 11.1. The van der Waals surface area contributed by atoms with Crippen molar-refractivity contribution >= 4 is 35.1 Å². The number of aliphatic imine (C=N–C) groups is 1. The highest BCUT2D eigenvalue weighted by atomic mass is 35.5. The summed E-state index contributed by atoms with van der Waals surface area (Å²) in [4.78, 5) is 44.9. The van der Waals surface area contributed by atoms with Gasteiger partial charge in [-0.2, -0.15) is 0 Å². The molecule has 1 atom stereocenters. The van der Waals surface area contributed by atoms with Crippen molar-refractivity contribution < 1.29 is 23.9 Å². The summed E-state index contributed by atoms with van der Waals surface area (Å²) >= 11 is 6.21. The van der Waals surface area contributed by atoms with E-state index in [-0.39, 0.29) is 47.0 Å². The van der Waals surface area contributed by atoms with Crippen molar-refractivity contribution in [2.45, 2.75) is 91.3 Å². The van der Waals surface area contributed by atoms with Gasteiger partial charge in [-0.25, -0.2) is 4.39 Å². The van der Waals surface area contributed by atoms with Crippen molar-refractivity contribution in [1.82, 2.24) is 10.2 Å². The van der Waals surface area contributed by atoms with Crippen molar-refractivity contribution in [3.8, 4) is 0 Å². The van der Waals surface area contributed by atoms with Crippen LogP contribution in [0.4, 0.5) is 4.39 Å². The molecule has 1 heterocycles. The lowest BCUT2D eigenvalue weighted by molar-refractivity contribution is -0.137. The topological polar surface area (TPSA) is 99.1 Å². The normalized spacial score (nSPS) is 21.3. The van der Waals surface area contributed by atoms with Gasteiger partial charge < -0.3 is 15.3 Å². The Morgan fingerprint density at radius 3 is 2.33 bits per heavy atom. The smallest absolute Gasteiger partial charge is 0.305 e. The van der Waals surface area contributed by atoms with Gasteiger partial charge in [-0.15, -0.1) is 0 Å². The largest absolute Gasteiger partial charge is 0.481 e. The molecule has 9 heteroatoms. The molecular formula is C34H43ClFN3O4. The minimum Gasteiger partial charge on any atom is -0.481 e. The van der Waals surface area contributed by atoms with Gasteiger partial charge in [0, 0.05) is 22.7 Å². The first-order valence-corrected chi connectivity index (χ1v) is 15.6. The Morgan fingerprint density at radius 1 is 1.12 bits per heavy atom. The molecule has 1 saturated carbocycles. The van der Waals surface area contributed by atoms with Crippen LogP contribution in [0, 0.1) is 23.1 Å². The molecule has 2 aromatic rings. The molecule has 2 aliphatic rings. The molecule has 2 N–H and O–H groups in total. The molecule has 1 aliphatic carbocycles. The van der Waals surface area contributed by atoms with E-state index in [2.05, 4.69) is 39.9 Å². The van der Waals surface area contributed by atoms with Gasteiger partial charge in [0.2, 0.25) is 0 Å². The van der Waals surface area contributed by atoms with Crippen molar-refractivity contribution in [2.24, 2.45) is 22.2 Å². The number of aliphatic carboxylic acids is 1. The molecule has 232 valence electrons. The predicted octanol–water partition coefficient (Wildman–Crippen LogP) is 7.43. The van der Waals surface area contributed by atoms with Crippen LogP contribution in [-0.4, -0.2) is 45.7 Å². The van der Waals surface area contributed by atoms with Crippen molar-refractivity contribution in [1.29, 1.82) is 0 Å². The second-order valence-electron chi connectivity index (χ2n) is 13.4. The Labute approximate surface area is 258 Å². The number of rotatable bonds is 10. The summed E-state index contributed by atoms with van der Waals surface area (Å²) in [5, 5.41) is 11.7. The van der Waals surface area contributed by atoms with Gasteiger partial charge in [-0.1, -0.05) is 58.4 Å². The van der Waals surface area contributed by atoms with Gasteiger partial charge in [-0.05, 0) is 91.7 Å². The molecule has 0 saturated heterocycles. The predicted molar refractivity (Wildman–Crippen MR) is 167 cm³/mol. The first kappa shape index (κ1) is 32.6. The molecule has 1 spiro atoms. The maximum absolute atomic E-state index is 14.4. The van der Waals surface area contributed by atoms with Gasteiger partial charge in [0.1, 0.15) is 17.2 Å². The summed E-state index contributed by atoms with van der Waals surface area (Å²) in [7, 11) is 0. The molecule has 0 radical (unpaired) electrons. The zero-order chi connectivity index (χ0) is 31.5. The van der Waals surface area contributed by atoms with Crippen LogP contribution in [0.5, 0.6) is 0 Å². The monoisotopic (exact) mass is 611 g/mol. The van der Waals surface area contributed by atoms with Gasteiger partial charge in [0.05, 0.1) is 12.5 Å². The van der Waals surface area contributed by atoms with E-state index in [1.165, 1.54) is 12.1 Å². The molecule has 7 nitrogen and oxygen atoms in total. The van der Waals surface area contributed by atoms with Gasteiger partial charge in [0.25, 0.3) is 11.8 Å². The Morgan fingerprint density at radius 2 is 1.77 bits per heavy atom. The molecule has 43 heavy (non-hydrogen) atoms. The summed E-state index contributed by atoms with van der Waals surface area (Å²) in [5.74, 6) is -1.20. The summed E-state index contributed by atoms with van der Waals surface area (Å²) in [6, 6.07) is 11.0. The van der Waals surface area contributed by atoms with E-state index in [0.29, 0.717) is 42.2 Å². The SMILES string of the molecule is CC(C)CCC(c1ccc(C(=O)NCCC(=O)O)cc1)N1C(=O)C(c2cc(F)cc(Cl)c2)=NC12CCC(C(C)(C)C)CC2. The second kappa shape index (κ2) is 13.2. The van der Waals surface area contributed by atoms with Crippen LogP contribution in [0.15, 0.2) is 47.5 Å². The Kier molecular flexibility index (Phi) is 10.00. The fraction of sp³-hybridized carbons (Fsp3) is 0.529. The number of halogens is 2. The fourth-order valence-electron chi connectivity index (χ4n) is 6.40. The average Bonchev–Trinajstić information content (AvgIpc) is 3.19. The maximum atomic E-state index is 14.4. The highest BCUT2D eigenvalue weighted by Gasteiger charge is 2.52. The first-order valence-electron chi connectivity index (χ1n) is 15.2. The van der Waals surface area contributed by atoms with Crippen molar-refractivity contribution in [3.05, 3.63) is 70.0 Å². The molecular weight excluding hydrogens is 569 g/mol. The fourth-order valence-corrected chi connectivity index (χ4v) is 6.62. The standard InChI is InChI=1S/C34H43ClFN3O4/c1-21(2)6-11-28(22-7-9-23(10-8-22)31(42)37-17-14-29(40)41)39-32(43)30(24-18-26(35)20-27(36)19-24)38-34(39)15-12-25(13-16-34)33(3,4)5/h7-10,18-21,25,28H,6,11-17H2,1-5H3,(H,37,42)(H,40,41). The number of carboxylic acids is 1. The van der Waals surface area contributed by atoms with E-state index in [4.69, 9.17) is 21.7 Å². The van der Waals surface area contributed by atoms with E-state index in [0.717, 1.165) is 24.8 Å². The highest BCUT2D eigenvalue weighted by Crippen LogP contribution is 2.50. The van der Waals surface area contributed by atoms with E-state index in [1.54, 1.807) is 18.2 Å². The number of carbonyl (C=O) groups excluding carboxylic acids is 2. The lowest BCUT2D eigenvalue weighted by Crippen LogP contribution is -2.51. The van der Waals surface area contributed by atoms with Gasteiger partial charge in [0.15, 0.2) is 0 Å². The van der Waals surface area contributed by atoms with E-state index in [1.807, 2.05) is 17.0 Å². The number of benzene rings is 2. The molecule has 0 bridgehead atoms. The summed E-state index contributed by atoms with van der Waals surface area (Å²) in [5.41, 5.74) is 1.29. The lowest BCUT2D eigenvalue weighted by Gasteiger charge is -2.47. The van der Waals surface area contributed by atoms with Crippen molar-refractivity contribution in [2.75, 3.05) is 6.54 Å². The first-order chi connectivity index (χ1) is 20.2. The molecule has 2 aromatic carbocycles. The Bertz CT molecular complexity index is 1350. The van der Waals surface area contributed by atoms with Crippen LogP contribution in [-0.2, 0) is 9.59 Å². The van der Waals surface area contributed by atoms with E-state index >= 15 is 0 Å². The molecule has 1 fully saturated rings. The molecule has 4 rings (SSSR count). The minimum absolute atomic E-state index is 0.0392. The number of amides is 2. The summed E-state index contributed by atoms with van der Waals surface area (Å²) in [6.07, 6.45) is 4.65. The van der Waals surface area contributed by atoms with E-state index in [9.17, 15) is 18.8 Å². The van der Waals surface area contributed by atoms with Crippen LogP contribution < -0.4 is 5.32 Å².